The summed E-state index contributed by atoms with van der Waals surface area (Å²) in [4.78, 5) is 24.7. The third-order valence-corrected chi connectivity index (χ3v) is 5.33. The second-order valence-electron chi connectivity index (χ2n) is 6.17. The third kappa shape index (κ3) is 2.49. The Morgan fingerprint density at radius 2 is 2.14 bits per heavy atom. The van der Waals surface area contributed by atoms with Crippen molar-refractivity contribution in [3.63, 3.8) is 0 Å². The lowest BCUT2D eigenvalue weighted by Crippen LogP contribution is -2.46. The maximum atomic E-state index is 12.3. The number of hydrogen-bond donors (Lipinski definition) is 2. The van der Waals surface area contributed by atoms with Gasteiger partial charge in [-0.3, -0.25) is 14.3 Å². The number of fused-ring (bicyclic) bond motifs is 1. The van der Waals surface area contributed by atoms with Gasteiger partial charge in [0.1, 0.15) is 4.83 Å². The number of aliphatic carboxylic acids is 1. The Bertz CT molecular complexity index is 741. The van der Waals surface area contributed by atoms with Gasteiger partial charge in [-0.1, -0.05) is 13.8 Å². The molecule has 1 aliphatic carbocycles. The zero-order valence-electron chi connectivity index (χ0n) is 12.8. The van der Waals surface area contributed by atoms with Crippen LogP contribution in [0.5, 0.6) is 0 Å². The number of carbonyl (C=O) groups excluding carboxylic acids is 1. The Labute approximate surface area is 132 Å². The van der Waals surface area contributed by atoms with Gasteiger partial charge in [0, 0.05) is 18.5 Å². The molecule has 0 atom stereocenters. The number of aromatic nitrogens is 2. The van der Waals surface area contributed by atoms with Gasteiger partial charge in [0.15, 0.2) is 0 Å². The number of carboxylic acids is 1. The molecule has 2 aromatic heterocycles. The normalized spacial score (nSPS) is 21.1. The molecule has 3 rings (SSSR count). The van der Waals surface area contributed by atoms with Gasteiger partial charge in [0.05, 0.1) is 16.5 Å². The number of nitrogens with zero attached hydrogens (tertiary/aromatic N) is 2. The fourth-order valence-corrected chi connectivity index (χ4v) is 3.78. The van der Waals surface area contributed by atoms with Crippen molar-refractivity contribution < 1.29 is 14.7 Å². The first-order valence-electron chi connectivity index (χ1n) is 7.37. The smallest absolute Gasteiger partial charge is 0.306 e. The molecular weight excluding hydrogens is 302 g/mol. The van der Waals surface area contributed by atoms with Gasteiger partial charge >= 0.3 is 5.97 Å². The minimum Gasteiger partial charge on any atom is -0.481 e. The fraction of sp³-hybridized carbons (Fsp3) is 0.533. The number of thiophene rings is 1. The third-order valence-electron chi connectivity index (χ3n) is 4.13. The molecule has 0 unspecified atom stereocenters. The topological polar surface area (TPSA) is 84.2 Å². The molecule has 6 nitrogen and oxygen atoms in total. The molecule has 1 fully saturated rings. The van der Waals surface area contributed by atoms with Crippen molar-refractivity contribution in [1.82, 2.24) is 15.1 Å². The fourth-order valence-electron chi connectivity index (χ4n) is 2.80. The number of aryl methyl sites for hydroxylation is 1. The highest BCUT2D eigenvalue weighted by atomic mass is 32.1. The summed E-state index contributed by atoms with van der Waals surface area (Å²) in [6.45, 7) is 4.17. The first-order chi connectivity index (χ1) is 10.4. The van der Waals surface area contributed by atoms with Crippen LogP contribution in [0, 0.1) is 5.92 Å². The Hall–Kier alpha value is -1.89. The molecule has 0 spiro atoms. The monoisotopic (exact) mass is 321 g/mol. The van der Waals surface area contributed by atoms with E-state index < -0.39 is 5.97 Å². The summed E-state index contributed by atoms with van der Waals surface area (Å²) in [5.74, 6) is -0.911. The number of carboxylic acid groups (broad SMARTS) is 1. The molecule has 2 heterocycles. The number of amides is 1. The maximum Gasteiger partial charge on any atom is 0.306 e. The molecule has 0 bridgehead atoms. The van der Waals surface area contributed by atoms with Crippen LogP contribution < -0.4 is 5.32 Å². The predicted molar refractivity (Wildman–Crippen MR) is 84.3 cm³/mol. The Balaban J connectivity index is 1.75. The van der Waals surface area contributed by atoms with Crippen LogP contribution >= 0.6 is 11.3 Å². The van der Waals surface area contributed by atoms with Gasteiger partial charge in [-0.15, -0.1) is 11.3 Å². The minimum absolute atomic E-state index is 0.0264. The van der Waals surface area contributed by atoms with Gasteiger partial charge in [0.25, 0.3) is 5.91 Å². The van der Waals surface area contributed by atoms with Crippen LogP contribution in [0.25, 0.3) is 10.2 Å². The average molecular weight is 321 g/mol. The van der Waals surface area contributed by atoms with E-state index in [0.29, 0.717) is 23.6 Å². The molecular formula is C15H19N3O3S. The van der Waals surface area contributed by atoms with E-state index in [1.165, 1.54) is 11.3 Å². The Kier molecular flexibility index (Phi) is 3.68. The average Bonchev–Trinajstić information content (AvgIpc) is 2.93. The molecule has 22 heavy (non-hydrogen) atoms. The second-order valence-corrected chi connectivity index (χ2v) is 7.20. The van der Waals surface area contributed by atoms with Crippen molar-refractivity contribution in [2.24, 2.45) is 13.0 Å². The Morgan fingerprint density at radius 3 is 2.73 bits per heavy atom. The number of nitrogens with one attached hydrogen (secondary N) is 1. The standard InChI is InChI=1S/C15H19N3O3S/c1-7(2)12-10-6-11(22-14(10)18(3)17-12)13(19)16-9-4-8(5-9)15(20)21/h6-9H,4-5H2,1-3H3,(H,16,19)(H,20,21). The summed E-state index contributed by atoms with van der Waals surface area (Å²) in [6, 6.07) is 1.87. The van der Waals surface area contributed by atoms with E-state index >= 15 is 0 Å². The van der Waals surface area contributed by atoms with Gasteiger partial charge in [0.2, 0.25) is 0 Å². The molecule has 118 valence electrons. The second kappa shape index (κ2) is 5.39. The highest BCUT2D eigenvalue weighted by Crippen LogP contribution is 2.32. The van der Waals surface area contributed by atoms with Gasteiger partial charge in [-0.05, 0) is 24.8 Å². The number of hydrogen-bond acceptors (Lipinski definition) is 4. The van der Waals surface area contributed by atoms with E-state index in [4.69, 9.17) is 5.11 Å². The van der Waals surface area contributed by atoms with Crippen LogP contribution in [-0.2, 0) is 11.8 Å². The zero-order valence-corrected chi connectivity index (χ0v) is 13.6. The van der Waals surface area contributed by atoms with E-state index in [1.807, 2.05) is 17.8 Å². The molecule has 0 aromatic carbocycles. The summed E-state index contributed by atoms with van der Waals surface area (Å²) in [7, 11) is 1.88. The van der Waals surface area contributed by atoms with Crippen LogP contribution in [0.2, 0.25) is 0 Å². The first kappa shape index (κ1) is 15.0. The quantitative estimate of drug-likeness (QED) is 0.905. The summed E-state index contributed by atoms with van der Waals surface area (Å²) in [5, 5.41) is 17.3. The molecule has 1 aliphatic rings. The summed E-state index contributed by atoms with van der Waals surface area (Å²) in [5.41, 5.74) is 1.00. The number of carbonyl (C=O) groups is 2. The van der Waals surface area contributed by atoms with Crippen LogP contribution in [0.15, 0.2) is 6.07 Å². The van der Waals surface area contributed by atoms with Gasteiger partial charge < -0.3 is 10.4 Å². The number of rotatable bonds is 4. The van der Waals surface area contributed by atoms with Crippen molar-refractivity contribution in [2.45, 2.75) is 38.6 Å². The van der Waals surface area contributed by atoms with E-state index in [2.05, 4.69) is 24.3 Å². The highest BCUT2D eigenvalue weighted by Gasteiger charge is 2.35. The van der Waals surface area contributed by atoms with E-state index in [1.54, 1.807) is 0 Å². The van der Waals surface area contributed by atoms with Crippen molar-refractivity contribution in [1.29, 1.82) is 0 Å². The molecule has 1 amide bonds. The van der Waals surface area contributed by atoms with E-state index in [-0.39, 0.29) is 17.9 Å². The molecule has 0 saturated heterocycles. The Morgan fingerprint density at radius 1 is 1.45 bits per heavy atom. The van der Waals surface area contributed by atoms with Crippen LogP contribution in [0.3, 0.4) is 0 Å². The molecule has 7 heteroatoms. The molecule has 0 aliphatic heterocycles. The van der Waals surface area contributed by atoms with E-state index in [9.17, 15) is 9.59 Å². The molecule has 1 saturated carbocycles. The first-order valence-corrected chi connectivity index (χ1v) is 8.18. The SMILES string of the molecule is CC(C)c1nn(C)c2sc(C(=O)NC3CC(C(=O)O)C3)cc12. The molecule has 0 radical (unpaired) electrons. The lowest BCUT2D eigenvalue weighted by Gasteiger charge is -2.32. The largest absolute Gasteiger partial charge is 0.481 e. The predicted octanol–water partition coefficient (Wildman–Crippen LogP) is 2.35. The van der Waals surface area contributed by atoms with Crippen molar-refractivity contribution in [3.8, 4) is 0 Å². The summed E-state index contributed by atoms with van der Waals surface area (Å²) < 4.78 is 1.82. The molecule has 2 aromatic rings. The minimum atomic E-state index is -0.778. The zero-order chi connectivity index (χ0) is 16.0. The summed E-state index contributed by atoms with van der Waals surface area (Å²) >= 11 is 1.43. The summed E-state index contributed by atoms with van der Waals surface area (Å²) in [6.07, 6.45) is 1.04. The molecule has 2 N–H and O–H groups in total. The van der Waals surface area contributed by atoms with Gasteiger partial charge in [-0.25, -0.2) is 0 Å². The van der Waals surface area contributed by atoms with E-state index in [0.717, 1.165) is 15.9 Å². The van der Waals surface area contributed by atoms with Gasteiger partial charge in [-0.2, -0.15) is 5.10 Å². The van der Waals surface area contributed by atoms with Crippen molar-refractivity contribution in [2.75, 3.05) is 0 Å². The maximum absolute atomic E-state index is 12.3. The highest BCUT2D eigenvalue weighted by molar-refractivity contribution is 7.20. The van der Waals surface area contributed by atoms with Crippen molar-refractivity contribution in [3.05, 3.63) is 16.6 Å². The van der Waals surface area contributed by atoms with Crippen molar-refractivity contribution >= 4 is 33.4 Å². The van der Waals surface area contributed by atoms with Crippen LogP contribution in [-0.4, -0.2) is 32.8 Å². The lowest BCUT2D eigenvalue weighted by molar-refractivity contribution is -0.145. The van der Waals surface area contributed by atoms with Crippen LogP contribution in [0.4, 0.5) is 0 Å². The lowest BCUT2D eigenvalue weighted by atomic mass is 9.80. The van der Waals surface area contributed by atoms with Crippen LogP contribution in [0.1, 0.15) is 48.0 Å².